The van der Waals surface area contributed by atoms with E-state index in [4.69, 9.17) is 0 Å². The molecule has 0 aliphatic heterocycles. The Bertz CT molecular complexity index is 383. The van der Waals surface area contributed by atoms with Gasteiger partial charge in [-0.3, -0.25) is 0 Å². The molecular weight excluding hydrogens is 230 g/mol. The summed E-state index contributed by atoms with van der Waals surface area (Å²) in [6, 6.07) is 0. The first-order valence-electron chi connectivity index (χ1n) is 6.85. The summed E-state index contributed by atoms with van der Waals surface area (Å²) in [6.45, 7) is 4.96. The van der Waals surface area contributed by atoms with Crippen molar-refractivity contribution in [2.45, 2.75) is 64.2 Å². The highest BCUT2D eigenvalue weighted by atomic mass is 16.3. The van der Waals surface area contributed by atoms with E-state index in [1.807, 2.05) is 0 Å². The van der Waals surface area contributed by atoms with Crippen molar-refractivity contribution in [3.63, 3.8) is 0 Å². The minimum absolute atomic E-state index is 0.633. The second-order valence-corrected chi connectivity index (χ2v) is 5.57. The largest absolute Gasteiger partial charge is 0.387 e. The standard InChI is InChI=1S/C13H23N3O2/c1-3-8-16-11(9-14-15-16)12(17)13(18)6-4-10(2)5-7-13/h9-10,12,17-18H,3-8H2,1-2H3. The molecule has 0 saturated heterocycles. The number of aryl methyl sites for hydroxylation is 1. The summed E-state index contributed by atoms with van der Waals surface area (Å²) in [5, 5.41) is 28.8. The molecule has 2 N–H and O–H groups in total. The molecule has 0 aromatic carbocycles. The molecule has 1 unspecified atom stereocenters. The van der Waals surface area contributed by atoms with Gasteiger partial charge in [0.2, 0.25) is 0 Å². The Morgan fingerprint density at radius 3 is 2.78 bits per heavy atom. The summed E-state index contributed by atoms with van der Waals surface area (Å²) in [5.41, 5.74) is -0.381. The number of nitrogens with zero attached hydrogens (tertiary/aromatic N) is 3. The van der Waals surface area contributed by atoms with Crippen molar-refractivity contribution in [2.75, 3.05) is 0 Å². The molecule has 1 atom stereocenters. The van der Waals surface area contributed by atoms with Crippen LogP contribution in [-0.4, -0.2) is 30.8 Å². The second kappa shape index (κ2) is 5.36. The average molecular weight is 253 g/mol. The van der Waals surface area contributed by atoms with Crippen molar-refractivity contribution in [1.29, 1.82) is 0 Å². The lowest BCUT2D eigenvalue weighted by atomic mass is 9.76. The zero-order valence-electron chi connectivity index (χ0n) is 11.2. The molecule has 1 heterocycles. The maximum absolute atomic E-state index is 10.6. The molecule has 0 spiro atoms. The maximum Gasteiger partial charge on any atom is 0.126 e. The van der Waals surface area contributed by atoms with Gasteiger partial charge in [0.25, 0.3) is 0 Å². The molecule has 1 aliphatic rings. The van der Waals surface area contributed by atoms with Gasteiger partial charge in [-0.2, -0.15) is 0 Å². The summed E-state index contributed by atoms with van der Waals surface area (Å²) < 4.78 is 1.70. The highest BCUT2D eigenvalue weighted by Crippen LogP contribution is 2.40. The molecular formula is C13H23N3O2. The second-order valence-electron chi connectivity index (χ2n) is 5.57. The van der Waals surface area contributed by atoms with E-state index >= 15 is 0 Å². The summed E-state index contributed by atoms with van der Waals surface area (Å²) in [6.07, 6.45) is 4.83. The van der Waals surface area contributed by atoms with Crippen molar-refractivity contribution in [2.24, 2.45) is 5.92 Å². The average Bonchev–Trinajstić information content (AvgIpc) is 2.81. The molecule has 0 amide bonds. The number of aliphatic hydroxyl groups excluding tert-OH is 1. The lowest BCUT2D eigenvalue weighted by molar-refractivity contribution is -0.108. The Labute approximate surface area is 108 Å². The zero-order valence-corrected chi connectivity index (χ0v) is 11.2. The quantitative estimate of drug-likeness (QED) is 0.856. The molecule has 5 nitrogen and oxygen atoms in total. The van der Waals surface area contributed by atoms with Gasteiger partial charge in [0.1, 0.15) is 6.10 Å². The number of rotatable bonds is 4. The van der Waals surface area contributed by atoms with E-state index in [-0.39, 0.29) is 0 Å². The van der Waals surface area contributed by atoms with Crippen LogP contribution < -0.4 is 0 Å². The first kappa shape index (κ1) is 13.5. The Kier molecular flexibility index (Phi) is 4.02. The van der Waals surface area contributed by atoms with Gasteiger partial charge >= 0.3 is 0 Å². The van der Waals surface area contributed by atoms with Crippen LogP contribution in [0.5, 0.6) is 0 Å². The predicted molar refractivity (Wildman–Crippen MR) is 67.9 cm³/mol. The predicted octanol–water partition coefficient (Wildman–Crippen LogP) is 1.66. The number of aromatic nitrogens is 3. The minimum atomic E-state index is -1.01. The fourth-order valence-electron chi connectivity index (χ4n) is 2.67. The first-order chi connectivity index (χ1) is 8.57. The van der Waals surface area contributed by atoms with E-state index in [0.29, 0.717) is 24.5 Å². The van der Waals surface area contributed by atoms with Crippen LogP contribution in [0.2, 0.25) is 0 Å². The minimum Gasteiger partial charge on any atom is -0.387 e. The molecule has 5 heteroatoms. The van der Waals surface area contributed by atoms with E-state index in [0.717, 1.165) is 25.8 Å². The Morgan fingerprint density at radius 1 is 1.50 bits per heavy atom. The van der Waals surface area contributed by atoms with Crippen LogP contribution in [0.1, 0.15) is 57.7 Å². The fraction of sp³-hybridized carbons (Fsp3) is 0.846. The van der Waals surface area contributed by atoms with Crippen LogP contribution in [-0.2, 0) is 6.54 Å². The van der Waals surface area contributed by atoms with Crippen molar-refractivity contribution in [3.05, 3.63) is 11.9 Å². The summed E-state index contributed by atoms with van der Waals surface area (Å²) in [4.78, 5) is 0. The Morgan fingerprint density at radius 2 is 2.17 bits per heavy atom. The summed E-state index contributed by atoms with van der Waals surface area (Å²) in [5.74, 6) is 0.635. The lowest BCUT2D eigenvalue weighted by Gasteiger charge is -2.38. The van der Waals surface area contributed by atoms with Gasteiger partial charge in [-0.25, -0.2) is 4.68 Å². The van der Waals surface area contributed by atoms with Gasteiger partial charge in [-0.15, -0.1) is 5.10 Å². The van der Waals surface area contributed by atoms with E-state index < -0.39 is 11.7 Å². The van der Waals surface area contributed by atoms with E-state index in [1.165, 1.54) is 0 Å². The van der Waals surface area contributed by atoms with Crippen LogP contribution in [0.3, 0.4) is 0 Å². The van der Waals surface area contributed by atoms with Crippen molar-refractivity contribution in [1.82, 2.24) is 15.0 Å². The van der Waals surface area contributed by atoms with Gasteiger partial charge in [0.15, 0.2) is 0 Å². The van der Waals surface area contributed by atoms with Crippen LogP contribution in [0.4, 0.5) is 0 Å². The van der Waals surface area contributed by atoms with Crippen LogP contribution in [0.25, 0.3) is 0 Å². The van der Waals surface area contributed by atoms with Crippen LogP contribution >= 0.6 is 0 Å². The van der Waals surface area contributed by atoms with Crippen LogP contribution in [0.15, 0.2) is 6.20 Å². The Balaban J connectivity index is 2.14. The maximum atomic E-state index is 10.6. The first-order valence-corrected chi connectivity index (χ1v) is 6.85. The fourth-order valence-corrected chi connectivity index (χ4v) is 2.67. The van der Waals surface area contributed by atoms with Gasteiger partial charge in [-0.1, -0.05) is 19.1 Å². The molecule has 1 aliphatic carbocycles. The van der Waals surface area contributed by atoms with E-state index in [2.05, 4.69) is 24.2 Å². The van der Waals surface area contributed by atoms with Gasteiger partial charge in [0, 0.05) is 6.54 Å². The van der Waals surface area contributed by atoms with Crippen molar-refractivity contribution in [3.8, 4) is 0 Å². The number of aliphatic hydroxyl groups is 2. The molecule has 0 radical (unpaired) electrons. The lowest BCUT2D eigenvalue weighted by Crippen LogP contribution is -2.40. The third kappa shape index (κ3) is 2.57. The molecule has 18 heavy (non-hydrogen) atoms. The van der Waals surface area contributed by atoms with E-state index in [1.54, 1.807) is 10.9 Å². The number of hydrogen-bond acceptors (Lipinski definition) is 4. The molecule has 1 aromatic rings. The van der Waals surface area contributed by atoms with Gasteiger partial charge in [0.05, 0.1) is 17.5 Å². The Hall–Kier alpha value is -0.940. The van der Waals surface area contributed by atoms with Crippen molar-refractivity contribution < 1.29 is 10.2 Å². The van der Waals surface area contributed by atoms with Gasteiger partial charge < -0.3 is 10.2 Å². The molecule has 1 saturated carbocycles. The zero-order chi connectivity index (χ0) is 13.2. The molecule has 0 bridgehead atoms. The molecule has 2 rings (SSSR count). The van der Waals surface area contributed by atoms with E-state index in [9.17, 15) is 10.2 Å². The molecule has 1 fully saturated rings. The van der Waals surface area contributed by atoms with Crippen molar-refractivity contribution >= 4 is 0 Å². The third-order valence-electron chi connectivity index (χ3n) is 4.01. The third-order valence-corrected chi connectivity index (χ3v) is 4.01. The van der Waals surface area contributed by atoms with Crippen LogP contribution in [0, 0.1) is 5.92 Å². The highest BCUT2D eigenvalue weighted by Gasteiger charge is 2.40. The summed E-state index contributed by atoms with van der Waals surface area (Å²) >= 11 is 0. The summed E-state index contributed by atoms with van der Waals surface area (Å²) in [7, 11) is 0. The monoisotopic (exact) mass is 253 g/mol. The normalized spacial score (nSPS) is 30.3. The topological polar surface area (TPSA) is 71.2 Å². The SMILES string of the molecule is CCCn1nncc1C(O)C1(O)CCC(C)CC1. The molecule has 1 aromatic heterocycles. The highest BCUT2D eigenvalue weighted by molar-refractivity contribution is 5.07. The van der Waals surface area contributed by atoms with Gasteiger partial charge in [-0.05, 0) is 38.0 Å². The number of hydrogen-bond donors (Lipinski definition) is 2. The molecule has 102 valence electrons. The smallest absolute Gasteiger partial charge is 0.126 e.